The Balaban J connectivity index is 2.09. The summed E-state index contributed by atoms with van der Waals surface area (Å²) in [7, 11) is 0. The van der Waals surface area contributed by atoms with E-state index in [1.807, 2.05) is 12.1 Å². The second-order valence-corrected chi connectivity index (χ2v) is 4.11. The number of carbonyl (C=O) groups excluding carboxylic acids is 1. The van der Waals surface area contributed by atoms with Gasteiger partial charge in [0, 0.05) is 6.42 Å². The van der Waals surface area contributed by atoms with E-state index in [2.05, 4.69) is 0 Å². The van der Waals surface area contributed by atoms with Gasteiger partial charge in [0.1, 0.15) is 11.5 Å². The molecule has 0 saturated carbocycles. The van der Waals surface area contributed by atoms with Gasteiger partial charge >= 0.3 is 0 Å². The van der Waals surface area contributed by atoms with Crippen LogP contribution in [0.1, 0.15) is 27.2 Å². The number of carbonyl (C=O) groups is 1. The number of furan rings is 1. The summed E-state index contributed by atoms with van der Waals surface area (Å²) in [5.74, 6) is 1.35. The Bertz CT molecular complexity index is 581. The van der Waals surface area contributed by atoms with Crippen molar-refractivity contribution in [2.75, 3.05) is 6.61 Å². The van der Waals surface area contributed by atoms with E-state index < -0.39 is 0 Å². The number of ketones is 1. The number of hydrogen-bond donors (Lipinski definition) is 0. The Morgan fingerprint density at radius 3 is 2.88 bits per heavy atom. The standard InChI is InChI=1S/C14H12O3/c1-9-11(6-8-16-9)13(15)12-4-2-3-10-5-7-17-14(10)12/h2-4,6,8H,5,7H2,1H3. The van der Waals surface area contributed by atoms with Gasteiger partial charge in [0.05, 0.1) is 24.0 Å². The van der Waals surface area contributed by atoms with Gasteiger partial charge in [-0.3, -0.25) is 4.79 Å². The summed E-state index contributed by atoms with van der Waals surface area (Å²) in [5.41, 5.74) is 2.34. The average molecular weight is 228 g/mol. The zero-order chi connectivity index (χ0) is 11.8. The van der Waals surface area contributed by atoms with Crippen LogP contribution in [0.4, 0.5) is 0 Å². The van der Waals surface area contributed by atoms with E-state index in [9.17, 15) is 4.79 Å². The minimum Gasteiger partial charge on any atom is -0.492 e. The molecule has 0 spiro atoms. The van der Waals surface area contributed by atoms with Crippen molar-refractivity contribution in [2.45, 2.75) is 13.3 Å². The molecule has 3 heteroatoms. The van der Waals surface area contributed by atoms with Gasteiger partial charge in [0.2, 0.25) is 0 Å². The number of para-hydroxylation sites is 1. The fourth-order valence-corrected chi connectivity index (χ4v) is 2.16. The molecule has 0 bridgehead atoms. The Hall–Kier alpha value is -2.03. The quantitative estimate of drug-likeness (QED) is 0.742. The van der Waals surface area contributed by atoms with Gasteiger partial charge < -0.3 is 9.15 Å². The predicted molar refractivity (Wildman–Crippen MR) is 62.5 cm³/mol. The third-order valence-electron chi connectivity index (χ3n) is 3.06. The summed E-state index contributed by atoms with van der Waals surface area (Å²) in [6, 6.07) is 7.41. The molecule has 0 amide bonds. The third-order valence-corrected chi connectivity index (χ3v) is 3.06. The fourth-order valence-electron chi connectivity index (χ4n) is 2.16. The van der Waals surface area contributed by atoms with Crippen LogP contribution in [-0.4, -0.2) is 12.4 Å². The van der Waals surface area contributed by atoms with Gasteiger partial charge in [-0.25, -0.2) is 0 Å². The van der Waals surface area contributed by atoms with E-state index in [1.165, 1.54) is 6.26 Å². The lowest BCUT2D eigenvalue weighted by Crippen LogP contribution is -2.03. The summed E-state index contributed by atoms with van der Waals surface area (Å²) in [4.78, 5) is 12.3. The molecule has 17 heavy (non-hydrogen) atoms. The molecule has 0 aliphatic carbocycles. The van der Waals surface area contributed by atoms with Crippen LogP contribution in [0.25, 0.3) is 0 Å². The summed E-state index contributed by atoms with van der Waals surface area (Å²) >= 11 is 0. The molecule has 3 nitrogen and oxygen atoms in total. The molecule has 1 aliphatic rings. The Morgan fingerprint density at radius 1 is 1.24 bits per heavy atom. The van der Waals surface area contributed by atoms with E-state index >= 15 is 0 Å². The smallest absolute Gasteiger partial charge is 0.200 e. The zero-order valence-corrected chi connectivity index (χ0v) is 9.53. The SMILES string of the molecule is Cc1occc1C(=O)c1cccc2c1OCC2. The number of aryl methyl sites for hydroxylation is 1. The Kier molecular flexibility index (Phi) is 2.25. The van der Waals surface area contributed by atoms with Gasteiger partial charge in [-0.2, -0.15) is 0 Å². The van der Waals surface area contributed by atoms with Crippen LogP contribution in [-0.2, 0) is 6.42 Å². The monoisotopic (exact) mass is 228 g/mol. The summed E-state index contributed by atoms with van der Waals surface area (Å²) in [6.07, 6.45) is 2.41. The van der Waals surface area contributed by atoms with Crippen molar-refractivity contribution >= 4 is 5.78 Å². The largest absolute Gasteiger partial charge is 0.492 e. The highest BCUT2D eigenvalue weighted by Crippen LogP contribution is 2.31. The summed E-state index contributed by atoms with van der Waals surface area (Å²) in [5, 5.41) is 0. The van der Waals surface area contributed by atoms with E-state index in [-0.39, 0.29) is 5.78 Å². The van der Waals surface area contributed by atoms with Crippen molar-refractivity contribution in [3.05, 3.63) is 53.0 Å². The molecule has 1 aliphatic heterocycles. The van der Waals surface area contributed by atoms with Crippen LogP contribution in [0.2, 0.25) is 0 Å². The van der Waals surface area contributed by atoms with E-state index in [0.717, 1.165) is 17.7 Å². The van der Waals surface area contributed by atoms with Gasteiger partial charge in [0.15, 0.2) is 5.78 Å². The van der Waals surface area contributed by atoms with Gasteiger partial charge in [-0.05, 0) is 24.6 Å². The van der Waals surface area contributed by atoms with E-state index in [1.54, 1.807) is 19.1 Å². The van der Waals surface area contributed by atoms with Crippen LogP contribution in [0, 0.1) is 6.92 Å². The fraction of sp³-hybridized carbons (Fsp3) is 0.214. The van der Waals surface area contributed by atoms with Crippen LogP contribution < -0.4 is 4.74 Å². The summed E-state index contributed by atoms with van der Waals surface area (Å²) < 4.78 is 10.7. The molecule has 86 valence electrons. The van der Waals surface area contributed by atoms with Crippen LogP contribution in [0.3, 0.4) is 0 Å². The summed E-state index contributed by atoms with van der Waals surface area (Å²) in [6.45, 7) is 2.45. The van der Waals surface area contributed by atoms with E-state index in [0.29, 0.717) is 23.5 Å². The van der Waals surface area contributed by atoms with Crippen molar-refractivity contribution in [1.82, 2.24) is 0 Å². The van der Waals surface area contributed by atoms with Crippen LogP contribution in [0.5, 0.6) is 5.75 Å². The van der Waals surface area contributed by atoms with Crippen molar-refractivity contribution < 1.29 is 13.9 Å². The van der Waals surface area contributed by atoms with Gasteiger partial charge in [-0.1, -0.05) is 12.1 Å². The Labute approximate surface area is 99.0 Å². The molecule has 1 aromatic heterocycles. The van der Waals surface area contributed by atoms with Gasteiger partial charge in [0.25, 0.3) is 0 Å². The molecule has 0 unspecified atom stereocenters. The van der Waals surface area contributed by atoms with Gasteiger partial charge in [-0.15, -0.1) is 0 Å². The highest BCUT2D eigenvalue weighted by atomic mass is 16.5. The number of benzene rings is 1. The maximum Gasteiger partial charge on any atom is 0.200 e. The predicted octanol–water partition coefficient (Wildman–Crippen LogP) is 2.75. The average Bonchev–Trinajstić information content (AvgIpc) is 2.95. The molecule has 0 N–H and O–H groups in total. The lowest BCUT2D eigenvalue weighted by atomic mass is 10.0. The Morgan fingerprint density at radius 2 is 2.12 bits per heavy atom. The minimum absolute atomic E-state index is 0.0324. The molecule has 0 atom stereocenters. The third kappa shape index (κ3) is 1.55. The maximum absolute atomic E-state index is 12.3. The number of ether oxygens (including phenoxy) is 1. The molecule has 0 saturated heterocycles. The second kappa shape index (κ2) is 3.77. The topological polar surface area (TPSA) is 39.4 Å². The number of rotatable bonds is 2. The molecule has 1 aromatic carbocycles. The molecular weight excluding hydrogens is 216 g/mol. The number of fused-ring (bicyclic) bond motifs is 1. The van der Waals surface area contributed by atoms with Crippen molar-refractivity contribution in [3.63, 3.8) is 0 Å². The maximum atomic E-state index is 12.3. The van der Waals surface area contributed by atoms with Crippen molar-refractivity contribution in [2.24, 2.45) is 0 Å². The van der Waals surface area contributed by atoms with Crippen molar-refractivity contribution in [1.29, 1.82) is 0 Å². The number of hydrogen-bond acceptors (Lipinski definition) is 3. The van der Waals surface area contributed by atoms with Crippen LogP contribution >= 0.6 is 0 Å². The van der Waals surface area contributed by atoms with Crippen LogP contribution in [0.15, 0.2) is 34.9 Å². The first-order chi connectivity index (χ1) is 8.27. The highest BCUT2D eigenvalue weighted by Gasteiger charge is 2.22. The highest BCUT2D eigenvalue weighted by molar-refractivity contribution is 6.11. The molecular formula is C14H12O3. The zero-order valence-electron chi connectivity index (χ0n) is 9.53. The normalized spacial score (nSPS) is 13.2. The first-order valence-electron chi connectivity index (χ1n) is 5.61. The molecule has 0 radical (unpaired) electrons. The first kappa shape index (κ1) is 10.1. The molecule has 2 heterocycles. The van der Waals surface area contributed by atoms with E-state index in [4.69, 9.17) is 9.15 Å². The lowest BCUT2D eigenvalue weighted by Gasteiger charge is -2.06. The molecule has 2 aromatic rings. The van der Waals surface area contributed by atoms with Crippen molar-refractivity contribution in [3.8, 4) is 5.75 Å². The lowest BCUT2D eigenvalue weighted by molar-refractivity contribution is 0.103. The molecule has 0 fully saturated rings. The molecule has 3 rings (SSSR count). The second-order valence-electron chi connectivity index (χ2n) is 4.11. The first-order valence-corrected chi connectivity index (χ1v) is 5.61. The minimum atomic E-state index is -0.0324.